The number of rotatable bonds is 5. The van der Waals surface area contributed by atoms with E-state index in [4.69, 9.17) is 17.0 Å². The molecular formula is C20H18BrNO2S2. The third kappa shape index (κ3) is 4.37. The number of carbonyl (C=O) groups excluding carboxylic acids is 1. The van der Waals surface area contributed by atoms with E-state index in [2.05, 4.69) is 22.9 Å². The molecule has 2 aromatic rings. The third-order valence-corrected chi connectivity index (χ3v) is 5.80. The Morgan fingerprint density at radius 1 is 1.19 bits per heavy atom. The molecule has 6 heteroatoms. The van der Waals surface area contributed by atoms with E-state index in [9.17, 15) is 4.79 Å². The summed E-state index contributed by atoms with van der Waals surface area (Å²) in [5.74, 6) is 0.737. The van der Waals surface area contributed by atoms with Crippen LogP contribution in [0.5, 0.6) is 5.75 Å². The number of halogens is 1. The fourth-order valence-electron chi connectivity index (χ4n) is 2.39. The molecule has 1 saturated heterocycles. The molecular weight excluding hydrogens is 430 g/mol. The van der Waals surface area contributed by atoms with Crippen LogP contribution in [0, 0.1) is 0 Å². The molecule has 1 fully saturated rings. The molecule has 26 heavy (non-hydrogen) atoms. The smallest absolute Gasteiger partial charge is 0.270 e. The maximum atomic E-state index is 12.8. The predicted molar refractivity (Wildman–Crippen MR) is 117 cm³/mol. The van der Waals surface area contributed by atoms with E-state index in [1.165, 1.54) is 11.8 Å². The number of anilines is 1. The van der Waals surface area contributed by atoms with Crippen LogP contribution >= 0.6 is 39.9 Å². The molecule has 134 valence electrons. The molecule has 1 atom stereocenters. The molecule has 3 nitrogen and oxygen atoms in total. The van der Waals surface area contributed by atoms with Crippen LogP contribution in [-0.2, 0) is 4.79 Å². The maximum Gasteiger partial charge on any atom is 0.270 e. The number of amides is 1. The minimum absolute atomic E-state index is 0.0951. The maximum absolute atomic E-state index is 12.8. The number of thiocarbonyl (C=S) groups is 1. The molecule has 1 aliphatic rings. The summed E-state index contributed by atoms with van der Waals surface area (Å²) in [6, 6.07) is 15.3. The molecule has 0 N–H and O–H groups in total. The van der Waals surface area contributed by atoms with Crippen LogP contribution in [0.15, 0.2) is 57.9 Å². The van der Waals surface area contributed by atoms with E-state index in [-0.39, 0.29) is 12.0 Å². The molecule has 0 spiro atoms. The molecule has 1 heterocycles. The van der Waals surface area contributed by atoms with Gasteiger partial charge in [-0.2, -0.15) is 0 Å². The highest BCUT2D eigenvalue weighted by Crippen LogP contribution is 2.36. The van der Waals surface area contributed by atoms with Gasteiger partial charge in [0.2, 0.25) is 0 Å². The van der Waals surface area contributed by atoms with E-state index in [1.807, 2.05) is 61.5 Å². The number of nitrogens with zero attached hydrogens (tertiary/aromatic N) is 1. The van der Waals surface area contributed by atoms with Gasteiger partial charge in [0.05, 0.1) is 16.7 Å². The topological polar surface area (TPSA) is 29.5 Å². The first-order chi connectivity index (χ1) is 12.5. The number of benzene rings is 2. The van der Waals surface area contributed by atoms with Crippen molar-refractivity contribution in [3.63, 3.8) is 0 Å². The van der Waals surface area contributed by atoms with E-state index < -0.39 is 0 Å². The highest BCUT2D eigenvalue weighted by molar-refractivity contribution is 9.10. The van der Waals surface area contributed by atoms with Gasteiger partial charge < -0.3 is 4.74 Å². The average molecular weight is 448 g/mol. The number of hydrogen-bond acceptors (Lipinski definition) is 4. The number of carbonyl (C=O) groups is 1. The molecule has 0 aliphatic carbocycles. The van der Waals surface area contributed by atoms with Crippen molar-refractivity contribution in [1.82, 2.24) is 0 Å². The molecule has 1 amide bonds. The summed E-state index contributed by atoms with van der Waals surface area (Å²) in [7, 11) is 0. The summed E-state index contributed by atoms with van der Waals surface area (Å²) in [6.07, 6.45) is 3.01. The SMILES string of the molecule is CC[C@@H](C)Oc1ccc(/C=C2/SC(=S)N(c3ccc(Br)cc3)C2=O)cc1. The van der Waals surface area contributed by atoms with Gasteiger partial charge in [-0.1, -0.05) is 59.0 Å². The van der Waals surface area contributed by atoms with Gasteiger partial charge >= 0.3 is 0 Å². The van der Waals surface area contributed by atoms with Crippen molar-refractivity contribution in [2.24, 2.45) is 0 Å². The highest BCUT2D eigenvalue weighted by atomic mass is 79.9. The van der Waals surface area contributed by atoms with Gasteiger partial charge in [0.1, 0.15) is 5.75 Å². The Bertz CT molecular complexity index is 847. The van der Waals surface area contributed by atoms with Gasteiger partial charge in [0.25, 0.3) is 5.91 Å². The zero-order valence-corrected chi connectivity index (χ0v) is 17.7. The van der Waals surface area contributed by atoms with Crippen LogP contribution in [0.25, 0.3) is 6.08 Å². The Hall–Kier alpha value is -1.63. The second-order valence-corrected chi connectivity index (χ2v) is 8.49. The van der Waals surface area contributed by atoms with E-state index in [1.54, 1.807) is 4.90 Å². The van der Waals surface area contributed by atoms with Crippen molar-refractivity contribution in [3.8, 4) is 5.75 Å². The van der Waals surface area contributed by atoms with E-state index >= 15 is 0 Å². The second-order valence-electron chi connectivity index (χ2n) is 5.90. The molecule has 0 unspecified atom stereocenters. The van der Waals surface area contributed by atoms with Crippen LogP contribution in [0.1, 0.15) is 25.8 Å². The zero-order chi connectivity index (χ0) is 18.7. The van der Waals surface area contributed by atoms with Crippen molar-refractivity contribution in [2.45, 2.75) is 26.4 Å². The lowest BCUT2D eigenvalue weighted by Gasteiger charge is -2.14. The number of ether oxygens (including phenoxy) is 1. The summed E-state index contributed by atoms with van der Waals surface area (Å²) in [4.78, 5) is 15.0. The largest absolute Gasteiger partial charge is 0.491 e. The standard InChI is InChI=1S/C20H18BrNO2S2/c1-3-13(2)24-17-10-4-14(5-11-17)12-18-19(23)22(20(25)26-18)16-8-6-15(21)7-9-16/h4-13H,3H2,1-2H3/b18-12+/t13-/m1/s1. The molecule has 0 saturated carbocycles. The lowest BCUT2D eigenvalue weighted by Crippen LogP contribution is -2.27. The summed E-state index contributed by atoms with van der Waals surface area (Å²) < 4.78 is 7.29. The van der Waals surface area contributed by atoms with E-state index in [0.29, 0.717) is 9.23 Å². The fourth-order valence-corrected chi connectivity index (χ4v) is 3.95. The predicted octanol–water partition coefficient (Wildman–Crippen LogP) is 6.03. The van der Waals surface area contributed by atoms with Gasteiger partial charge in [-0.3, -0.25) is 9.69 Å². The van der Waals surface area contributed by atoms with Gasteiger partial charge in [-0.15, -0.1) is 0 Å². The van der Waals surface area contributed by atoms with Crippen molar-refractivity contribution < 1.29 is 9.53 Å². The third-order valence-electron chi connectivity index (χ3n) is 3.97. The Kier molecular flexibility index (Phi) is 6.16. The van der Waals surface area contributed by atoms with Crippen LogP contribution < -0.4 is 9.64 Å². The van der Waals surface area contributed by atoms with Crippen LogP contribution in [0.4, 0.5) is 5.69 Å². The van der Waals surface area contributed by atoms with E-state index in [0.717, 1.165) is 27.9 Å². The normalized spacial score (nSPS) is 17.0. The second kappa shape index (κ2) is 8.37. The monoisotopic (exact) mass is 447 g/mol. The Balaban J connectivity index is 1.78. The van der Waals surface area contributed by atoms with Gasteiger partial charge in [0, 0.05) is 4.47 Å². The quantitative estimate of drug-likeness (QED) is 0.413. The van der Waals surface area contributed by atoms with Crippen molar-refractivity contribution in [2.75, 3.05) is 4.90 Å². The van der Waals surface area contributed by atoms with Gasteiger partial charge in [0.15, 0.2) is 4.32 Å². The minimum Gasteiger partial charge on any atom is -0.491 e. The van der Waals surface area contributed by atoms with Crippen molar-refractivity contribution in [3.05, 3.63) is 63.5 Å². The van der Waals surface area contributed by atoms with Crippen LogP contribution in [-0.4, -0.2) is 16.3 Å². The molecule has 3 rings (SSSR count). The van der Waals surface area contributed by atoms with Crippen molar-refractivity contribution >= 4 is 61.9 Å². The molecule has 0 bridgehead atoms. The summed E-state index contributed by atoms with van der Waals surface area (Å²) in [6.45, 7) is 4.13. The first kappa shape index (κ1) is 19.1. The first-order valence-corrected chi connectivity index (χ1v) is 10.3. The Morgan fingerprint density at radius 2 is 1.85 bits per heavy atom. The lowest BCUT2D eigenvalue weighted by molar-refractivity contribution is -0.113. The van der Waals surface area contributed by atoms with Crippen LogP contribution in [0.2, 0.25) is 0 Å². The van der Waals surface area contributed by atoms with Gasteiger partial charge in [-0.05, 0) is 61.4 Å². The van der Waals surface area contributed by atoms with Gasteiger partial charge in [-0.25, -0.2) is 0 Å². The molecule has 0 aromatic heterocycles. The number of thioether (sulfide) groups is 1. The molecule has 2 aromatic carbocycles. The summed E-state index contributed by atoms with van der Waals surface area (Å²) >= 11 is 10.1. The first-order valence-electron chi connectivity index (χ1n) is 8.28. The lowest BCUT2D eigenvalue weighted by atomic mass is 10.2. The average Bonchev–Trinajstić information content (AvgIpc) is 2.91. The fraction of sp³-hybridized carbons (Fsp3) is 0.200. The molecule has 0 radical (unpaired) electrons. The van der Waals surface area contributed by atoms with Crippen molar-refractivity contribution in [1.29, 1.82) is 0 Å². The number of hydrogen-bond donors (Lipinski definition) is 0. The minimum atomic E-state index is -0.0951. The molecule has 1 aliphatic heterocycles. The Morgan fingerprint density at radius 3 is 2.46 bits per heavy atom. The summed E-state index contributed by atoms with van der Waals surface area (Å²) in [5.41, 5.74) is 1.72. The highest BCUT2D eigenvalue weighted by Gasteiger charge is 2.33. The van der Waals surface area contributed by atoms with Crippen LogP contribution in [0.3, 0.4) is 0 Å². The zero-order valence-electron chi connectivity index (χ0n) is 14.4. The summed E-state index contributed by atoms with van der Waals surface area (Å²) in [5, 5.41) is 0. The Labute approximate surface area is 171 Å².